The minimum atomic E-state index is 0. The third-order valence-electron chi connectivity index (χ3n) is 6.02. The largest absolute Gasteiger partial charge is 0.489 e. The Kier molecular flexibility index (Phi) is 7.07. The van der Waals surface area contributed by atoms with Crippen LogP contribution in [-0.2, 0) is 0 Å². The maximum atomic E-state index is 9.16. The van der Waals surface area contributed by atoms with Gasteiger partial charge in [0.1, 0.15) is 23.5 Å². The van der Waals surface area contributed by atoms with E-state index in [0.29, 0.717) is 23.1 Å². The number of aromatic nitrogens is 3. The molecule has 0 atom stereocenters. The molecule has 3 aromatic heterocycles. The summed E-state index contributed by atoms with van der Waals surface area (Å²) in [5.74, 6) is 2.68. The zero-order valence-corrected chi connectivity index (χ0v) is 19.4. The fourth-order valence-corrected chi connectivity index (χ4v) is 4.03. The second-order valence-corrected chi connectivity index (χ2v) is 8.64. The minimum Gasteiger partial charge on any atom is -0.489 e. The Balaban J connectivity index is 0.00000259. The molecule has 0 amide bonds. The molecule has 0 spiro atoms. The molecule has 3 aromatic rings. The van der Waals surface area contributed by atoms with E-state index in [2.05, 4.69) is 45.4 Å². The SMILES string of the molecule is CN1CCC(Oc2cncc(-c3cc(C4CC4)cc(Nc4cc(C#N)ccn4)n3)c2)CC1.Cl. The van der Waals surface area contributed by atoms with Crippen LogP contribution in [-0.4, -0.2) is 46.1 Å². The molecule has 1 aliphatic carbocycles. The Morgan fingerprint density at radius 3 is 2.64 bits per heavy atom. The van der Waals surface area contributed by atoms with E-state index in [1.807, 2.05) is 12.3 Å². The number of nitrogens with zero attached hydrogens (tertiary/aromatic N) is 5. The van der Waals surface area contributed by atoms with Gasteiger partial charge in [-0.3, -0.25) is 4.98 Å². The van der Waals surface area contributed by atoms with Crippen molar-refractivity contribution < 1.29 is 4.74 Å². The molecule has 5 rings (SSSR count). The van der Waals surface area contributed by atoms with E-state index in [9.17, 15) is 0 Å². The van der Waals surface area contributed by atoms with Gasteiger partial charge >= 0.3 is 0 Å². The maximum Gasteiger partial charge on any atom is 0.138 e. The molecule has 1 saturated carbocycles. The number of hydrogen-bond acceptors (Lipinski definition) is 7. The Bertz CT molecular complexity index is 1150. The number of pyridine rings is 3. The Morgan fingerprint density at radius 2 is 1.88 bits per heavy atom. The number of rotatable bonds is 6. The van der Waals surface area contributed by atoms with Gasteiger partial charge in [-0.15, -0.1) is 12.4 Å². The third kappa shape index (κ3) is 5.78. The third-order valence-corrected chi connectivity index (χ3v) is 6.02. The fraction of sp³-hybridized carbons (Fsp3) is 0.360. The average Bonchev–Trinajstić information content (AvgIpc) is 3.66. The van der Waals surface area contributed by atoms with E-state index in [1.165, 1.54) is 18.4 Å². The van der Waals surface area contributed by atoms with Gasteiger partial charge in [0.25, 0.3) is 0 Å². The van der Waals surface area contributed by atoms with Gasteiger partial charge in [0.15, 0.2) is 0 Å². The quantitative estimate of drug-likeness (QED) is 0.555. The van der Waals surface area contributed by atoms with Crippen LogP contribution in [0.3, 0.4) is 0 Å². The summed E-state index contributed by atoms with van der Waals surface area (Å²) in [6.07, 6.45) is 9.91. The fourth-order valence-electron chi connectivity index (χ4n) is 4.03. The highest BCUT2D eigenvalue weighted by Crippen LogP contribution is 2.42. The van der Waals surface area contributed by atoms with Crippen molar-refractivity contribution in [1.29, 1.82) is 5.26 Å². The topological polar surface area (TPSA) is 87.0 Å². The summed E-state index contributed by atoms with van der Waals surface area (Å²) in [5, 5.41) is 12.4. The van der Waals surface area contributed by atoms with Gasteiger partial charge < -0.3 is 15.0 Å². The molecule has 0 unspecified atom stereocenters. The molecule has 0 bridgehead atoms. The van der Waals surface area contributed by atoms with Gasteiger partial charge in [0.05, 0.1) is 23.5 Å². The summed E-state index contributed by atoms with van der Waals surface area (Å²) in [6.45, 7) is 2.11. The van der Waals surface area contributed by atoms with Gasteiger partial charge in [-0.05, 0) is 74.5 Å². The first kappa shape index (κ1) is 23.0. The number of nitriles is 1. The zero-order chi connectivity index (χ0) is 21.9. The summed E-state index contributed by atoms with van der Waals surface area (Å²) in [5.41, 5.74) is 3.61. The van der Waals surface area contributed by atoms with Crippen LogP contribution in [0.5, 0.6) is 5.75 Å². The first-order valence-electron chi connectivity index (χ1n) is 11.1. The van der Waals surface area contributed by atoms with Crippen molar-refractivity contribution in [2.75, 3.05) is 25.5 Å². The molecular weight excluding hydrogens is 436 g/mol. The van der Waals surface area contributed by atoms with E-state index in [0.717, 1.165) is 42.9 Å². The van der Waals surface area contributed by atoms with Gasteiger partial charge in [-0.2, -0.15) is 5.26 Å². The Labute approximate surface area is 200 Å². The van der Waals surface area contributed by atoms with Gasteiger partial charge in [-0.25, -0.2) is 9.97 Å². The number of anilines is 2. The summed E-state index contributed by atoms with van der Waals surface area (Å²) in [6, 6.07) is 11.8. The monoisotopic (exact) mass is 462 g/mol. The Morgan fingerprint density at radius 1 is 1.06 bits per heavy atom. The van der Waals surface area contributed by atoms with E-state index in [4.69, 9.17) is 15.0 Å². The molecule has 8 heteroatoms. The van der Waals surface area contributed by atoms with Crippen molar-refractivity contribution in [1.82, 2.24) is 19.9 Å². The number of halogens is 1. The van der Waals surface area contributed by atoms with Crippen molar-refractivity contribution in [2.45, 2.75) is 37.7 Å². The highest BCUT2D eigenvalue weighted by Gasteiger charge is 2.25. The predicted molar refractivity (Wildman–Crippen MR) is 130 cm³/mol. The second kappa shape index (κ2) is 10.2. The van der Waals surface area contributed by atoms with Gasteiger partial charge in [0.2, 0.25) is 0 Å². The minimum absolute atomic E-state index is 0. The number of likely N-dealkylation sites (tertiary alicyclic amines) is 1. The van der Waals surface area contributed by atoms with Crippen LogP contribution in [0.25, 0.3) is 11.3 Å². The van der Waals surface area contributed by atoms with E-state index in [-0.39, 0.29) is 18.5 Å². The van der Waals surface area contributed by atoms with Crippen molar-refractivity contribution in [3.05, 3.63) is 60.0 Å². The van der Waals surface area contributed by atoms with Crippen LogP contribution in [0.4, 0.5) is 11.6 Å². The molecule has 2 aliphatic rings. The first-order valence-corrected chi connectivity index (χ1v) is 11.1. The molecule has 0 radical (unpaired) electrons. The first-order chi connectivity index (χ1) is 15.7. The lowest BCUT2D eigenvalue weighted by Crippen LogP contribution is -2.35. The molecule has 33 heavy (non-hydrogen) atoms. The normalized spacial score (nSPS) is 16.5. The molecule has 4 heterocycles. The lowest BCUT2D eigenvalue weighted by Gasteiger charge is -2.29. The van der Waals surface area contributed by atoms with Crippen molar-refractivity contribution >= 4 is 24.0 Å². The van der Waals surface area contributed by atoms with E-state index < -0.39 is 0 Å². The maximum absolute atomic E-state index is 9.16. The van der Waals surface area contributed by atoms with Crippen LogP contribution in [0.15, 0.2) is 48.9 Å². The highest BCUT2D eigenvalue weighted by atomic mass is 35.5. The van der Waals surface area contributed by atoms with Gasteiger partial charge in [0, 0.05) is 31.0 Å². The van der Waals surface area contributed by atoms with Gasteiger partial charge in [-0.1, -0.05) is 0 Å². The molecule has 170 valence electrons. The second-order valence-electron chi connectivity index (χ2n) is 8.64. The standard InChI is InChI=1S/C25H26N6O.ClH/c1-31-8-5-21(6-9-31)32-22-11-20(15-27-16-22)23-12-19(18-2-3-18)13-25(29-23)30-24-10-17(14-26)4-7-28-24;/h4,7,10-13,15-16,18,21H,2-3,5-6,8-9H2,1H3,(H,28,29,30);1H. The van der Waals surface area contributed by atoms with Crippen molar-refractivity contribution in [2.24, 2.45) is 0 Å². The smallest absolute Gasteiger partial charge is 0.138 e. The number of hydrogen-bond donors (Lipinski definition) is 1. The summed E-state index contributed by atoms with van der Waals surface area (Å²) >= 11 is 0. The number of nitrogens with one attached hydrogen (secondary N) is 1. The Hall–Kier alpha value is -3.21. The van der Waals surface area contributed by atoms with Crippen LogP contribution in [0, 0.1) is 11.3 Å². The molecule has 1 saturated heterocycles. The molecular formula is C25H27ClN6O. The number of piperidine rings is 1. The van der Waals surface area contributed by atoms with Crippen LogP contribution < -0.4 is 10.1 Å². The average molecular weight is 463 g/mol. The molecule has 1 aliphatic heterocycles. The molecule has 2 fully saturated rings. The van der Waals surface area contributed by atoms with Crippen LogP contribution >= 0.6 is 12.4 Å². The van der Waals surface area contributed by atoms with Crippen molar-refractivity contribution in [3.8, 4) is 23.1 Å². The van der Waals surface area contributed by atoms with E-state index in [1.54, 1.807) is 24.5 Å². The highest BCUT2D eigenvalue weighted by molar-refractivity contribution is 5.85. The van der Waals surface area contributed by atoms with Crippen molar-refractivity contribution in [3.63, 3.8) is 0 Å². The predicted octanol–water partition coefficient (Wildman–Crippen LogP) is 4.93. The van der Waals surface area contributed by atoms with E-state index >= 15 is 0 Å². The summed E-state index contributed by atoms with van der Waals surface area (Å²) in [7, 11) is 2.15. The number of ether oxygens (including phenoxy) is 1. The van der Waals surface area contributed by atoms with Crippen LogP contribution in [0.2, 0.25) is 0 Å². The molecule has 0 aromatic carbocycles. The lowest BCUT2D eigenvalue weighted by atomic mass is 10.1. The van der Waals surface area contributed by atoms with Crippen LogP contribution in [0.1, 0.15) is 42.7 Å². The summed E-state index contributed by atoms with van der Waals surface area (Å²) < 4.78 is 6.23. The zero-order valence-electron chi connectivity index (χ0n) is 18.6. The summed E-state index contributed by atoms with van der Waals surface area (Å²) in [4.78, 5) is 15.9. The lowest BCUT2D eigenvalue weighted by molar-refractivity contribution is 0.114. The molecule has 1 N–H and O–H groups in total. The molecule has 7 nitrogen and oxygen atoms in total.